The second kappa shape index (κ2) is 42.1. The van der Waals surface area contributed by atoms with Crippen LogP contribution in [-0.4, -0.2) is 92.1 Å². The predicted molar refractivity (Wildman–Crippen MR) is 281 cm³/mol. The van der Waals surface area contributed by atoms with Gasteiger partial charge in [0.05, 0.1) is 26.4 Å². The number of hydrogen-bond acceptors (Lipinski definition) is 10. The van der Waals surface area contributed by atoms with Crippen molar-refractivity contribution in [1.29, 1.82) is 0 Å². The molecule has 0 atom stereocenters. The fraction of sp³-hybridized carbons (Fsp3) is 0.750. The molecule has 2 rings (SSSR count). The summed E-state index contributed by atoms with van der Waals surface area (Å²) >= 11 is 11.7. The summed E-state index contributed by atoms with van der Waals surface area (Å²) in [5.41, 5.74) is 0. The zero-order valence-corrected chi connectivity index (χ0v) is 50.8. The molecule has 0 N–H and O–H groups in total. The summed E-state index contributed by atoms with van der Waals surface area (Å²) in [7, 11) is -16.7. The van der Waals surface area contributed by atoms with Crippen molar-refractivity contribution in [1.82, 2.24) is 0 Å². The standard InChI is InChI=1S/2C24H42ClNO5PS.Ba/c2*1-3-5-7-9-11-13-15-21-30-32(27,31-22-16-14-12-10-8-6-4-2)26-33(28,29)24-19-17-23(25)18-20-24;/h2*17-20H,3-16,21-22H2,1-2H3;/q2*-1;+2. The average molecular weight is 1180 g/mol. The van der Waals surface area contributed by atoms with Gasteiger partial charge in [0, 0.05) is 19.8 Å². The molecule has 0 radical (unpaired) electrons. The topological polar surface area (TPSA) is 168 Å². The largest absolute Gasteiger partial charge is 2.00 e. The Labute approximate surface area is 458 Å². The van der Waals surface area contributed by atoms with E-state index in [9.17, 15) is 26.0 Å². The van der Waals surface area contributed by atoms with Gasteiger partial charge in [0.2, 0.25) is 0 Å². The molecular weight excluding hydrogens is 1100 g/mol. The minimum Gasteiger partial charge on any atom is -0.438 e. The first-order chi connectivity index (χ1) is 31.7. The van der Waals surface area contributed by atoms with E-state index in [0.29, 0.717) is 35.7 Å². The van der Waals surface area contributed by atoms with Crippen molar-refractivity contribution in [3.8, 4) is 0 Å². The summed E-state index contributed by atoms with van der Waals surface area (Å²) in [4.78, 5) is -0.183. The molecule has 384 valence electrons. The molecule has 19 heteroatoms. The Bertz CT molecular complexity index is 1640. The van der Waals surface area contributed by atoms with E-state index in [4.69, 9.17) is 41.3 Å². The van der Waals surface area contributed by atoms with Crippen LogP contribution in [0, 0.1) is 0 Å². The van der Waals surface area contributed by atoms with Crippen LogP contribution in [0.15, 0.2) is 58.3 Å². The zero-order chi connectivity index (χ0) is 48.8. The summed E-state index contributed by atoms with van der Waals surface area (Å²) < 4.78 is 106. The Kier molecular flexibility index (Phi) is 42.6. The van der Waals surface area contributed by atoms with Gasteiger partial charge in [0.15, 0.2) is 0 Å². The molecule has 0 aliphatic heterocycles. The van der Waals surface area contributed by atoms with Crippen LogP contribution in [0.2, 0.25) is 10.0 Å². The van der Waals surface area contributed by atoms with Gasteiger partial charge in [0.1, 0.15) is 20.0 Å². The van der Waals surface area contributed by atoms with Crippen molar-refractivity contribution in [2.45, 2.75) is 217 Å². The van der Waals surface area contributed by atoms with Gasteiger partial charge in [-0.15, -0.1) is 0 Å². The van der Waals surface area contributed by atoms with Gasteiger partial charge in [0.25, 0.3) is 15.5 Å². The zero-order valence-electron chi connectivity index (χ0n) is 41.4. The fourth-order valence-electron chi connectivity index (χ4n) is 6.70. The first kappa shape index (κ1) is 67.7. The van der Waals surface area contributed by atoms with Crippen molar-refractivity contribution in [3.05, 3.63) is 67.6 Å². The van der Waals surface area contributed by atoms with Gasteiger partial charge in [-0.1, -0.05) is 205 Å². The smallest absolute Gasteiger partial charge is 0.438 e. The first-order valence-electron chi connectivity index (χ1n) is 24.9. The summed E-state index contributed by atoms with van der Waals surface area (Å²) in [6, 6.07) is 11.1. The molecule has 0 aliphatic carbocycles. The number of nitrogens with zero attached hydrogens (tertiary/aromatic N) is 2. The van der Waals surface area contributed by atoms with Crippen molar-refractivity contribution in [2.24, 2.45) is 0 Å². The Balaban J connectivity index is 0.00000128. The SMILES string of the molecule is CCCCCCCCCOP(=O)([N-]S(=O)(=O)c1ccc(Cl)cc1)OCCCCCCCCC.CCCCCCCCCOP(=O)([N-]S(=O)(=O)c1ccc(Cl)cc1)OCCCCCCCCC.[Ba+2]. The van der Waals surface area contributed by atoms with Crippen LogP contribution in [0.1, 0.15) is 207 Å². The maximum atomic E-state index is 13.2. The molecule has 0 aliphatic rings. The number of benzene rings is 2. The van der Waals surface area contributed by atoms with Crippen molar-refractivity contribution in [3.63, 3.8) is 0 Å². The van der Waals surface area contributed by atoms with Gasteiger partial charge < -0.3 is 27.1 Å². The summed E-state index contributed by atoms with van der Waals surface area (Å²) in [5.74, 6) is 0. The summed E-state index contributed by atoms with van der Waals surface area (Å²) in [6.07, 6.45) is 30.1. The molecule has 0 unspecified atom stereocenters. The van der Waals surface area contributed by atoms with Crippen molar-refractivity contribution >= 4 is 108 Å². The van der Waals surface area contributed by atoms with Gasteiger partial charge in [-0.25, -0.2) is 16.8 Å². The molecule has 2 aromatic rings. The Morgan fingerprint density at radius 3 is 0.776 bits per heavy atom. The van der Waals surface area contributed by atoms with E-state index in [2.05, 4.69) is 36.7 Å². The molecule has 12 nitrogen and oxygen atoms in total. The molecule has 67 heavy (non-hydrogen) atoms. The Morgan fingerprint density at radius 1 is 0.373 bits per heavy atom. The summed E-state index contributed by atoms with van der Waals surface area (Å²) in [5, 5.41) is 0.810. The van der Waals surface area contributed by atoms with E-state index in [1.165, 1.54) is 126 Å². The predicted octanol–water partition coefficient (Wildman–Crippen LogP) is 17.7. The van der Waals surface area contributed by atoms with Gasteiger partial charge in [-0.05, 0) is 74.2 Å². The average Bonchev–Trinajstić information content (AvgIpc) is 3.27. The van der Waals surface area contributed by atoms with E-state index in [-0.39, 0.29) is 85.1 Å². The summed E-state index contributed by atoms with van der Waals surface area (Å²) in [6.45, 7) is 9.34. The first-order valence-corrected chi connectivity index (χ1v) is 31.6. The quantitative estimate of drug-likeness (QED) is 0.0354. The van der Waals surface area contributed by atoms with E-state index >= 15 is 0 Å². The van der Waals surface area contributed by atoms with E-state index in [0.717, 1.165) is 77.0 Å². The van der Waals surface area contributed by atoms with E-state index in [1.54, 1.807) is 0 Å². The molecule has 0 bridgehead atoms. The molecule has 0 amide bonds. The Morgan fingerprint density at radius 2 is 0.567 bits per heavy atom. The molecule has 0 saturated heterocycles. The van der Waals surface area contributed by atoms with Crippen LogP contribution in [0.3, 0.4) is 0 Å². The minimum absolute atomic E-state index is 0. The van der Waals surface area contributed by atoms with E-state index in [1.807, 2.05) is 0 Å². The second-order valence-corrected chi connectivity index (χ2v) is 24.7. The third-order valence-corrected chi connectivity index (χ3v) is 18.2. The van der Waals surface area contributed by atoms with Gasteiger partial charge in [-0.3, -0.25) is 9.13 Å². The number of halogens is 2. The molecule has 0 saturated carbocycles. The second-order valence-electron chi connectivity index (χ2n) is 16.8. The Hall–Kier alpha value is 0.711. The molecule has 0 spiro atoms. The van der Waals surface area contributed by atoms with Crippen LogP contribution in [0.5, 0.6) is 0 Å². The third kappa shape index (κ3) is 35.5. The minimum atomic E-state index is -4.20. The van der Waals surface area contributed by atoms with Gasteiger partial charge >= 0.3 is 48.9 Å². The van der Waals surface area contributed by atoms with Crippen molar-refractivity contribution in [2.75, 3.05) is 26.4 Å². The normalized spacial score (nSPS) is 12.1. The van der Waals surface area contributed by atoms with E-state index < -0.39 is 35.5 Å². The van der Waals surface area contributed by atoms with Crippen LogP contribution in [0.4, 0.5) is 0 Å². The number of hydrogen-bond donors (Lipinski definition) is 0. The van der Waals surface area contributed by atoms with Crippen LogP contribution >= 0.6 is 38.7 Å². The number of sulfonamides is 2. The van der Waals surface area contributed by atoms with Crippen LogP contribution in [-0.2, 0) is 47.3 Å². The van der Waals surface area contributed by atoms with Gasteiger partial charge in [-0.2, -0.15) is 0 Å². The molecule has 0 heterocycles. The molecule has 0 aromatic heterocycles. The molecular formula is C48H84BaCl2N2O10P2S2. The fourth-order valence-corrected chi connectivity index (χ4v) is 13.1. The monoisotopic (exact) mass is 1180 g/mol. The van der Waals surface area contributed by atoms with Crippen molar-refractivity contribution < 1.29 is 44.1 Å². The number of rotatable bonds is 42. The number of unbranched alkanes of at least 4 members (excludes halogenated alkanes) is 24. The third-order valence-electron chi connectivity index (χ3n) is 10.6. The van der Waals surface area contributed by atoms with Crippen LogP contribution < -0.4 is 0 Å². The maximum Gasteiger partial charge on any atom is 2.00 e. The molecule has 2 aromatic carbocycles. The molecule has 0 fully saturated rings. The maximum absolute atomic E-state index is 13.2. The van der Waals surface area contributed by atoms with Crippen LogP contribution in [0.25, 0.3) is 8.99 Å².